The first-order valence-corrected chi connectivity index (χ1v) is 10.2. The van der Waals surface area contributed by atoms with Crippen molar-refractivity contribution < 1.29 is 13.6 Å². The summed E-state index contributed by atoms with van der Waals surface area (Å²) >= 11 is 0. The van der Waals surface area contributed by atoms with Crippen molar-refractivity contribution in [2.45, 2.75) is 18.8 Å². The average Bonchev–Trinajstić information content (AvgIpc) is 2.77. The highest BCUT2D eigenvalue weighted by molar-refractivity contribution is 5.92. The van der Waals surface area contributed by atoms with Crippen molar-refractivity contribution in [3.63, 3.8) is 0 Å². The van der Waals surface area contributed by atoms with Crippen molar-refractivity contribution in [1.82, 2.24) is 14.9 Å². The molecule has 0 bridgehead atoms. The highest BCUT2D eigenvalue weighted by Gasteiger charge is 2.23. The minimum atomic E-state index is -0.780. The molecule has 0 spiro atoms. The van der Waals surface area contributed by atoms with Gasteiger partial charge < -0.3 is 10.6 Å². The number of likely N-dealkylation sites (tertiary alicyclic amines) is 1. The Balaban J connectivity index is 1.29. The van der Waals surface area contributed by atoms with Gasteiger partial charge in [0.2, 0.25) is 5.91 Å². The lowest BCUT2D eigenvalue weighted by Gasteiger charge is -2.31. The zero-order valence-corrected chi connectivity index (χ0v) is 16.9. The molecule has 0 unspecified atom stereocenters. The third-order valence-electron chi connectivity index (χ3n) is 5.27. The maximum atomic E-state index is 13.7. The van der Waals surface area contributed by atoms with E-state index in [0.29, 0.717) is 5.92 Å². The van der Waals surface area contributed by atoms with Gasteiger partial charge in [0.05, 0.1) is 12.2 Å². The summed E-state index contributed by atoms with van der Waals surface area (Å²) in [5.41, 5.74) is 1.00. The van der Waals surface area contributed by atoms with Crippen LogP contribution in [0.15, 0.2) is 60.8 Å². The smallest absolute Gasteiger partial charge is 0.238 e. The van der Waals surface area contributed by atoms with Gasteiger partial charge in [-0.3, -0.25) is 9.69 Å². The van der Waals surface area contributed by atoms with Gasteiger partial charge in [-0.05, 0) is 62.3 Å². The number of hydrogen-bond acceptors (Lipinski definition) is 5. The second-order valence-electron chi connectivity index (χ2n) is 7.51. The molecular formula is C23H23F2N5O. The maximum Gasteiger partial charge on any atom is 0.238 e. The molecule has 0 aliphatic carbocycles. The normalized spacial score (nSPS) is 14.9. The van der Waals surface area contributed by atoms with Crippen LogP contribution in [0.25, 0.3) is 0 Å². The lowest BCUT2D eigenvalue weighted by Crippen LogP contribution is -2.39. The Bertz CT molecular complexity index is 1040. The van der Waals surface area contributed by atoms with Crippen LogP contribution in [0.4, 0.5) is 26.1 Å². The summed E-state index contributed by atoms with van der Waals surface area (Å²) < 4.78 is 26.7. The standard InChI is InChI=1S/C23H23F2N5O/c24-17-7-8-20(18(25)14-17)28-23(31)15-30-12-9-16(10-13-30)19-4-3-6-22(27-19)29-21-5-1-2-11-26-21/h1-8,11,14,16H,9-10,12-13,15H2,(H,28,31)(H,26,27,29). The number of anilines is 3. The molecule has 1 aliphatic heterocycles. The molecule has 3 aromatic rings. The third-order valence-corrected chi connectivity index (χ3v) is 5.27. The van der Waals surface area contributed by atoms with E-state index in [2.05, 4.69) is 15.6 Å². The van der Waals surface area contributed by atoms with E-state index >= 15 is 0 Å². The van der Waals surface area contributed by atoms with Gasteiger partial charge >= 0.3 is 0 Å². The summed E-state index contributed by atoms with van der Waals surface area (Å²) in [7, 11) is 0. The van der Waals surface area contributed by atoms with Crippen LogP contribution in [0, 0.1) is 11.6 Å². The zero-order valence-electron chi connectivity index (χ0n) is 16.9. The maximum absolute atomic E-state index is 13.7. The Morgan fingerprint density at radius 3 is 2.58 bits per heavy atom. The SMILES string of the molecule is O=C(CN1CCC(c2cccc(Nc3ccccn3)n2)CC1)Nc1ccc(F)cc1F. The molecule has 1 fully saturated rings. The van der Waals surface area contributed by atoms with E-state index < -0.39 is 11.6 Å². The van der Waals surface area contributed by atoms with Gasteiger partial charge in [0.25, 0.3) is 0 Å². The topological polar surface area (TPSA) is 70.2 Å². The first-order valence-electron chi connectivity index (χ1n) is 10.2. The van der Waals surface area contributed by atoms with Gasteiger partial charge in [0, 0.05) is 23.9 Å². The van der Waals surface area contributed by atoms with Crippen molar-refractivity contribution >= 4 is 23.2 Å². The van der Waals surface area contributed by atoms with Crippen LogP contribution in [0.3, 0.4) is 0 Å². The average molecular weight is 423 g/mol. The number of rotatable bonds is 6. The predicted molar refractivity (Wildman–Crippen MR) is 115 cm³/mol. The molecule has 8 heteroatoms. The number of nitrogens with one attached hydrogen (secondary N) is 2. The molecule has 31 heavy (non-hydrogen) atoms. The molecule has 3 heterocycles. The molecule has 1 saturated heterocycles. The van der Waals surface area contributed by atoms with Crippen LogP contribution >= 0.6 is 0 Å². The first kappa shape index (κ1) is 20.9. The number of piperidine rings is 1. The number of halogens is 2. The summed E-state index contributed by atoms with van der Waals surface area (Å²) in [4.78, 5) is 23.3. The van der Waals surface area contributed by atoms with Gasteiger partial charge in [-0.1, -0.05) is 12.1 Å². The van der Waals surface area contributed by atoms with Crippen LogP contribution in [-0.4, -0.2) is 40.4 Å². The van der Waals surface area contributed by atoms with E-state index in [1.165, 1.54) is 6.07 Å². The lowest BCUT2D eigenvalue weighted by molar-refractivity contribution is -0.117. The van der Waals surface area contributed by atoms with Crippen LogP contribution < -0.4 is 10.6 Å². The van der Waals surface area contributed by atoms with E-state index in [1.54, 1.807) is 6.20 Å². The van der Waals surface area contributed by atoms with Crippen molar-refractivity contribution in [2.75, 3.05) is 30.3 Å². The Hall–Kier alpha value is -3.39. The van der Waals surface area contributed by atoms with Gasteiger partial charge in [-0.15, -0.1) is 0 Å². The van der Waals surface area contributed by atoms with Crippen LogP contribution in [0.2, 0.25) is 0 Å². The van der Waals surface area contributed by atoms with E-state index in [0.717, 1.165) is 55.4 Å². The highest BCUT2D eigenvalue weighted by Crippen LogP contribution is 2.28. The molecule has 1 aromatic carbocycles. The van der Waals surface area contributed by atoms with Crippen LogP contribution in [0.1, 0.15) is 24.5 Å². The quantitative estimate of drug-likeness (QED) is 0.618. The number of pyridine rings is 2. The van der Waals surface area contributed by atoms with Crippen molar-refractivity contribution in [2.24, 2.45) is 0 Å². The molecule has 160 valence electrons. The largest absolute Gasteiger partial charge is 0.325 e. The number of hydrogen-bond donors (Lipinski definition) is 2. The Morgan fingerprint density at radius 2 is 1.84 bits per heavy atom. The Kier molecular flexibility index (Phi) is 6.47. The number of nitrogens with zero attached hydrogens (tertiary/aromatic N) is 3. The molecule has 4 rings (SSSR count). The minimum Gasteiger partial charge on any atom is -0.325 e. The van der Waals surface area contributed by atoms with Gasteiger partial charge in [0.1, 0.15) is 23.3 Å². The number of amides is 1. The van der Waals surface area contributed by atoms with Crippen molar-refractivity contribution in [3.8, 4) is 0 Å². The summed E-state index contributed by atoms with van der Waals surface area (Å²) in [6.07, 6.45) is 3.47. The zero-order chi connectivity index (χ0) is 21.6. The molecule has 0 radical (unpaired) electrons. The monoisotopic (exact) mass is 423 g/mol. The van der Waals surface area contributed by atoms with Crippen LogP contribution in [0.5, 0.6) is 0 Å². The highest BCUT2D eigenvalue weighted by atomic mass is 19.1. The molecule has 2 aromatic heterocycles. The molecule has 1 aliphatic rings. The number of carbonyl (C=O) groups excluding carboxylic acids is 1. The summed E-state index contributed by atoms with van der Waals surface area (Å²) in [5.74, 6) is 0.0238. The molecule has 1 amide bonds. The second-order valence-corrected chi connectivity index (χ2v) is 7.51. The fourth-order valence-electron chi connectivity index (χ4n) is 3.69. The molecule has 6 nitrogen and oxygen atoms in total. The van der Waals surface area contributed by atoms with Gasteiger partial charge in [-0.2, -0.15) is 0 Å². The number of carbonyl (C=O) groups is 1. The second kappa shape index (κ2) is 9.61. The van der Waals surface area contributed by atoms with Gasteiger partial charge in [-0.25, -0.2) is 18.7 Å². The Morgan fingerprint density at radius 1 is 1.03 bits per heavy atom. The van der Waals surface area contributed by atoms with Crippen molar-refractivity contribution in [1.29, 1.82) is 0 Å². The summed E-state index contributed by atoms with van der Waals surface area (Å²) in [6, 6.07) is 14.7. The van der Waals surface area contributed by atoms with E-state index in [4.69, 9.17) is 4.98 Å². The first-order chi connectivity index (χ1) is 15.1. The van der Waals surface area contributed by atoms with E-state index in [-0.39, 0.29) is 18.1 Å². The minimum absolute atomic E-state index is 0.0114. The third kappa shape index (κ3) is 5.61. The van der Waals surface area contributed by atoms with Crippen molar-refractivity contribution in [3.05, 3.63) is 78.1 Å². The number of benzene rings is 1. The summed E-state index contributed by atoms with van der Waals surface area (Å²) in [6.45, 7) is 1.64. The molecule has 0 atom stereocenters. The fraction of sp³-hybridized carbons (Fsp3) is 0.261. The van der Waals surface area contributed by atoms with E-state index in [9.17, 15) is 13.6 Å². The van der Waals surface area contributed by atoms with Crippen LogP contribution in [-0.2, 0) is 4.79 Å². The predicted octanol–water partition coefficient (Wildman–Crippen LogP) is 4.32. The molecular weight excluding hydrogens is 400 g/mol. The molecule has 0 saturated carbocycles. The van der Waals surface area contributed by atoms with Gasteiger partial charge in [0.15, 0.2) is 0 Å². The number of aromatic nitrogens is 2. The fourth-order valence-corrected chi connectivity index (χ4v) is 3.69. The lowest BCUT2D eigenvalue weighted by atomic mass is 9.93. The summed E-state index contributed by atoms with van der Waals surface area (Å²) in [5, 5.41) is 5.72. The molecule has 2 N–H and O–H groups in total. The Labute approximate surface area is 179 Å². The van der Waals surface area contributed by atoms with E-state index in [1.807, 2.05) is 41.3 Å².